The summed E-state index contributed by atoms with van der Waals surface area (Å²) >= 11 is 0. The summed E-state index contributed by atoms with van der Waals surface area (Å²) in [6, 6.07) is -0.215. The number of rotatable bonds is 3. The van der Waals surface area contributed by atoms with E-state index in [9.17, 15) is 0 Å². The Balaban J connectivity index is 3.83. The van der Waals surface area contributed by atoms with Crippen molar-refractivity contribution in [3.8, 4) is 0 Å². The van der Waals surface area contributed by atoms with Crippen LogP contribution in [0.15, 0.2) is 12.2 Å². The topological polar surface area (TPSA) is 55.5 Å². The van der Waals surface area contributed by atoms with E-state index in [0.717, 1.165) is 5.57 Å². The Labute approximate surface area is 55.1 Å². The zero-order valence-electron chi connectivity index (χ0n) is 5.79. The normalized spacial score (nSPS) is 16.9. The van der Waals surface area contributed by atoms with E-state index in [-0.39, 0.29) is 6.04 Å². The van der Waals surface area contributed by atoms with Gasteiger partial charge in [0.15, 0.2) is 0 Å². The molecule has 0 aliphatic rings. The second-order valence-corrected chi connectivity index (χ2v) is 2.23. The SMILES string of the molecule is C=C(C)C(OO)C(C)N. The van der Waals surface area contributed by atoms with E-state index in [2.05, 4.69) is 11.5 Å². The third-order valence-electron chi connectivity index (χ3n) is 1.08. The predicted molar refractivity (Wildman–Crippen MR) is 36.0 cm³/mol. The van der Waals surface area contributed by atoms with E-state index >= 15 is 0 Å². The van der Waals surface area contributed by atoms with Crippen molar-refractivity contribution in [2.45, 2.75) is 26.0 Å². The highest BCUT2D eigenvalue weighted by atomic mass is 17.1. The van der Waals surface area contributed by atoms with E-state index in [1.54, 1.807) is 13.8 Å². The number of hydrogen-bond acceptors (Lipinski definition) is 3. The highest BCUT2D eigenvalue weighted by Crippen LogP contribution is 2.04. The van der Waals surface area contributed by atoms with Crippen molar-refractivity contribution in [2.24, 2.45) is 5.73 Å². The van der Waals surface area contributed by atoms with Gasteiger partial charge in [0.2, 0.25) is 0 Å². The zero-order valence-corrected chi connectivity index (χ0v) is 5.79. The Morgan fingerprint density at radius 3 is 2.22 bits per heavy atom. The summed E-state index contributed by atoms with van der Waals surface area (Å²) in [5.74, 6) is 0. The second kappa shape index (κ2) is 3.61. The van der Waals surface area contributed by atoms with Gasteiger partial charge in [-0.3, -0.25) is 5.26 Å². The molecule has 0 saturated carbocycles. The van der Waals surface area contributed by atoms with Crippen LogP contribution in [0.2, 0.25) is 0 Å². The Hall–Kier alpha value is -0.380. The number of hydrogen-bond donors (Lipinski definition) is 2. The summed E-state index contributed by atoms with van der Waals surface area (Å²) in [5.41, 5.74) is 6.13. The molecule has 0 bridgehead atoms. The van der Waals surface area contributed by atoms with Gasteiger partial charge in [0.1, 0.15) is 6.10 Å². The molecular formula is C6H13NO2. The minimum Gasteiger partial charge on any atom is -0.325 e. The van der Waals surface area contributed by atoms with Crippen molar-refractivity contribution in [3.05, 3.63) is 12.2 Å². The van der Waals surface area contributed by atoms with Gasteiger partial charge >= 0.3 is 0 Å². The summed E-state index contributed by atoms with van der Waals surface area (Å²) in [7, 11) is 0. The second-order valence-electron chi connectivity index (χ2n) is 2.23. The van der Waals surface area contributed by atoms with Crippen molar-refractivity contribution in [1.82, 2.24) is 0 Å². The summed E-state index contributed by atoms with van der Waals surface area (Å²) in [6.07, 6.45) is -0.440. The lowest BCUT2D eigenvalue weighted by Crippen LogP contribution is -2.33. The Morgan fingerprint density at radius 1 is 1.78 bits per heavy atom. The van der Waals surface area contributed by atoms with Crippen LogP contribution in [0.3, 0.4) is 0 Å². The van der Waals surface area contributed by atoms with Crippen LogP contribution in [0.4, 0.5) is 0 Å². The molecule has 9 heavy (non-hydrogen) atoms. The van der Waals surface area contributed by atoms with E-state index in [4.69, 9.17) is 11.0 Å². The molecule has 3 N–H and O–H groups in total. The third kappa shape index (κ3) is 2.60. The molecule has 0 heterocycles. The summed E-state index contributed by atoms with van der Waals surface area (Å²) in [5, 5.41) is 8.23. The molecule has 0 aliphatic heterocycles. The van der Waals surface area contributed by atoms with Crippen LogP contribution < -0.4 is 5.73 Å². The molecule has 2 unspecified atom stereocenters. The maximum atomic E-state index is 8.23. The Kier molecular flexibility index (Phi) is 3.46. The molecule has 3 nitrogen and oxygen atoms in total. The van der Waals surface area contributed by atoms with Crippen LogP contribution >= 0.6 is 0 Å². The highest BCUT2D eigenvalue weighted by molar-refractivity contribution is 5.00. The lowest BCUT2D eigenvalue weighted by molar-refractivity contribution is -0.271. The molecule has 3 heteroatoms. The van der Waals surface area contributed by atoms with E-state index in [1.807, 2.05) is 0 Å². The maximum Gasteiger partial charge on any atom is 0.128 e. The van der Waals surface area contributed by atoms with Crippen LogP contribution in [0, 0.1) is 0 Å². The molecule has 0 amide bonds. The fraction of sp³-hybridized carbons (Fsp3) is 0.667. The zero-order chi connectivity index (χ0) is 7.44. The Morgan fingerprint density at radius 2 is 2.22 bits per heavy atom. The Bertz CT molecular complexity index is 101. The monoisotopic (exact) mass is 131 g/mol. The predicted octanol–water partition coefficient (Wildman–Crippen LogP) is 0.768. The van der Waals surface area contributed by atoms with Crippen LogP contribution in [-0.2, 0) is 4.89 Å². The molecule has 0 aromatic heterocycles. The van der Waals surface area contributed by atoms with Gasteiger partial charge in [-0.2, -0.15) is 0 Å². The van der Waals surface area contributed by atoms with Gasteiger partial charge in [0.25, 0.3) is 0 Å². The average Bonchev–Trinajstić information content (AvgIpc) is 1.64. The van der Waals surface area contributed by atoms with Crippen molar-refractivity contribution in [2.75, 3.05) is 0 Å². The van der Waals surface area contributed by atoms with Crippen LogP contribution in [0.5, 0.6) is 0 Å². The summed E-state index contributed by atoms with van der Waals surface area (Å²) in [4.78, 5) is 4.05. The smallest absolute Gasteiger partial charge is 0.128 e. The van der Waals surface area contributed by atoms with Gasteiger partial charge in [0.05, 0.1) is 0 Å². The summed E-state index contributed by atoms with van der Waals surface area (Å²) < 4.78 is 0. The van der Waals surface area contributed by atoms with Crippen molar-refractivity contribution in [3.63, 3.8) is 0 Å². The van der Waals surface area contributed by atoms with Gasteiger partial charge in [-0.15, -0.1) is 0 Å². The van der Waals surface area contributed by atoms with Crippen molar-refractivity contribution >= 4 is 0 Å². The molecule has 0 saturated heterocycles. The van der Waals surface area contributed by atoms with Crippen LogP contribution in [0.1, 0.15) is 13.8 Å². The lowest BCUT2D eigenvalue weighted by atomic mass is 10.1. The minimum atomic E-state index is -0.440. The first kappa shape index (κ1) is 8.62. The number of nitrogens with two attached hydrogens (primary N) is 1. The van der Waals surface area contributed by atoms with Crippen LogP contribution in [-0.4, -0.2) is 17.4 Å². The first-order valence-electron chi connectivity index (χ1n) is 2.80. The van der Waals surface area contributed by atoms with Gasteiger partial charge in [-0.25, -0.2) is 4.89 Å². The van der Waals surface area contributed by atoms with Crippen molar-refractivity contribution in [1.29, 1.82) is 0 Å². The van der Waals surface area contributed by atoms with E-state index in [1.165, 1.54) is 0 Å². The molecule has 0 radical (unpaired) electrons. The molecule has 54 valence electrons. The highest BCUT2D eigenvalue weighted by Gasteiger charge is 2.13. The fourth-order valence-electron chi connectivity index (χ4n) is 0.635. The maximum absolute atomic E-state index is 8.23. The minimum absolute atomic E-state index is 0.215. The van der Waals surface area contributed by atoms with Gasteiger partial charge in [-0.05, 0) is 19.4 Å². The molecule has 0 aliphatic carbocycles. The summed E-state index contributed by atoms with van der Waals surface area (Å²) in [6.45, 7) is 7.08. The quantitative estimate of drug-likeness (QED) is 0.338. The van der Waals surface area contributed by atoms with Gasteiger partial charge in [0, 0.05) is 6.04 Å². The molecule has 0 spiro atoms. The lowest BCUT2D eigenvalue weighted by Gasteiger charge is -2.16. The first-order valence-corrected chi connectivity index (χ1v) is 2.80. The fourth-order valence-corrected chi connectivity index (χ4v) is 0.635. The first-order chi connectivity index (χ1) is 4.09. The molecule has 0 rings (SSSR count). The van der Waals surface area contributed by atoms with Gasteiger partial charge in [-0.1, -0.05) is 6.58 Å². The third-order valence-corrected chi connectivity index (χ3v) is 1.08. The largest absolute Gasteiger partial charge is 0.325 e. The standard InChI is InChI=1S/C6H13NO2/c1-4(2)6(9-8)5(3)7/h5-6,8H,1,7H2,2-3H3. The van der Waals surface area contributed by atoms with E-state index in [0.29, 0.717) is 0 Å². The van der Waals surface area contributed by atoms with Gasteiger partial charge < -0.3 is 5.73 Å². The molecular weight excluding hydrogens is 118 g/mol. The van der Waals surface area contributed by atoms with Crippen LogP contribution in [0.25, 0.3) is 0 Å². The molecule has 0 fully saturated rings. The van der Waals surface area contributed by atoms with E-state index < -0.39 is 6.10 Å². The molecule has 0 aromatic rings. The molecule has 2 atom stereocenters. The van der Waals surface area contributed by atoms with Crippen molar-refractivity contribution < 1.29 is 10.1 Å². The average molecular weight is 131 g/mol. The molecule has 0 aromatic carbocycles.